The van der Waals surface area contributed by atoms with Gasteiger partial charge in [0.15, 0.2) is 11.1 Å². The van der Waals surface area contributed by atoms with Gasteiger partial charge in [0.25, 0.3) is 5.56 Å². The first-order valence-electron chi connectivity index (χ1n) is 7.69. The van der Waals surface area contributed by atoms with Crippen LogP contribution in [0.1, 0.15) is 36.0 Å². The van der Waals surface area contributed by atoms with Crippen LogP contribution in [-0.2, 0) is 4.79 Å². The minimum atomic E-state index is -1.41. The van der Waals surface area contributed by atoms with Crippen LogP contribution in [0.15, 0.2) is 45.0 Å². The van der Waals surface area contributed by atoms with Crippen molar-refractivity contribution < 1.29 is 20.7 Å². The summed E-state index contributed by atoms with van der Waals surface area (Å²) in [6.07, 6.45) is -1.41. The van der Waals surface area contributed by atoms with E-state index in [2.05, 4.69) is 26.6 Å². The first-order valence-corrected chi connectivity index (χ1v) is 9.36. The van der Waals surface area contributed by atoms with Gasteiger partial charge in [-0.1, -0.05) is 30.3 Å². The molecule has 2 aromatic heterocycles. The van der Waals surface area contributed by atoms with Gasteiger partial charge < -0.3 is 15.9 Å². The zero-order valence-corrected chi connectivity index (χ0v) is 16.6. The molecule has 0 radical (unpaired) electrons. The minimum absolute atomic E-state index is 0.000480. The number of thiazole rings is 1. The number of carbonyl (C=O) groups is 1. The summed E-state index contributed by atoms with van der Waals surface area (Å²) in [5, 5.41) is 19.3. The summed E-state index contributed by atoms with van der Waals surface area (Å²) in [6, 6.07) is 8.26. The van der Waals surface area contributed by atoms with Crippen molar-refractivity contribution in [3.63, 3.8) is 0 Å². The molecule has 0 unspecified atom stereocenters. The van der Waals surface area contributed by atoms with E-state index >= 15 is 0 Å². The highest BCUT2D eigenvalue weighted by molar-refractivity contribution is 9.10. The van der Waals surface area contributed by atoms with Gasteiger partial charge >= 0.3 is 5.97 Å². The van der Waals surface area contributed by atoms with Gasteiger partial charge in [0.1, 0.15) is 16.2 Å². The SMILES string of the molecule is Cc1csc2nc([C@H](C)[NH3+])c(Br)c(=O)n12.O=C(O)[C@@H](O)c1ccccc1. The van der Waals surface area contributed by atoms with Gasteiger partial charge in [0, 0.05) is 11.1 Å². The Kier molecular flexibility index (Phi) is 6.65. The zero-order chi connectivity index (χ0) is 19.4. The number of halogens is 1. The predicted molar refractivity (Wildman–Crippen MR) is 102 cm³/mol. The lowest BCUT2D eigenvalue weighted by Crippen LogP contribution is -2.52. The Bertz CT molecular complexity index is 969. The molecule has 2 atom stereocenters. The van der Waals surface area contributed by atoms with Crippen molar-refractivity contribution in [3.8, 4) is 0 Å². The molecule has 0 saturated heterocycles. The molecule has 2 heterocycles. The van der Waals surface area contributed by atoms with Crippen LogP contribution in [0.5, 0.6) is 0 Å². The minimum Gasteiger partial charge on any atom is -0.479 e. The van der Waals surface area contributed by atoms with Crippen molar-refractivity contribution in [2.75, 3.05) is 0 Å². The lowest BCUT2D eigenvalue weighted by atomic mass is 10.1. The molecule has 26 heavy (non-hydrogen) atoms. The Labute approximate surface area is 161 Å². The topological polar surface area (TPSA) is 120 Å². The van der Waals surface area contributed by atoms with Gasteiger partial charge in [0.05, 0.1) is 0 Å². The number of fused-ring (bicyclic) bond motifs is 1. The highest BCUT2D eigenvalue weighted by Crippen LogP contribution is 2.19. The molecule has 138 valence electrons. The molecule has 0 bridgehead atoms. The fourth-order valence-corrected chi connectivity index (χ4v) is 3.70. The summed E-state index contributed by atoms with van der Waals surface area (Å²) in [5.74, 6) is -1.23. The third kappa shape index (κ3) is 4.36. The number of quaternary nitrogens is 1. The fourth-order valence-electron chi connectivity index (χ4n) is 2.18. The summed E-state index contributed by atoms with van der Waals surface area (Å²) in [5.41, 5.74) is 5.88. The first-order chi connectivity index (χ1) is 12.2. The van der Waals surface area contributed by atoms with E-state index in [4.69, 9.17) is 10.2 Å². The summed E-state index contributed by atoms with van der Waals surface area (Å²) < 4.78 is 2.13. The predicted octanol–water partition coefficient (Wildman–Crippen LogP) is 1.93. The molecule has 0 fully saturated rings. The van der Waals surface area contributed by atoms with Gasteiger partial charge in [-0.25, -0.2) is 9.78 Å². The van der Waals surface area contributed by atoms with Gasteiger partial charge in [0.2, 0.25) is 0 Å². The number of rotatable bonds is 3. The van der Waals surface area contributed by atoms with E-state index in [0.717, 1.165) is 16.3 Å². The molecule has 0 saturated carbocycles. The number of hydrogen-bond acceptors (Lipinski definition) is 5. The lowest BCUT2D eigenvalue weighted by molar-refractivity contribution is -0.421. The van der Waals surface area contributed by atoms with Crippen LogP contribution in [0, 0.1) is 6.92 Å². The van der Waals surface area contributed by atoms with Crippen molar-refractivity contribution in [3.05, 3.63) is 67.5 Å². The maximum Gasteiger partial charge on any atom is 0.337 e. The Balaban J connectivity index is 0.000000197. The number of nitrogens with zero attached hydrogens (tertiary/aromatic N) is 2. The second-order valence-electron chi connectivity index (χ2n) is 5.66. The number of aliphatic hydroxyl groups excluding tert-OH is 1. The molecule has 1 aromatic carbocycles. The summed E-state index contributed by atoms with van der Waals surface area (Å²) in [4.78, 5) is 27.4. The maximum atomic E-state index is 12.0. The molecule has 0 aliphatic heterocycles. The largest absolute Gasteiger partial charge is 0.479 e. The number of benzene rings is 1. The smallest absolute Gasteiger partial charge is 0.337 e. The number of aryl methyl sites for hydroxylation is 1. The van der Waals surface area contributed by atoms with Crippen LogP contribution in [-0.4, -0.2) is 25.6 Å². The number of carboxylic acid groups (broad SMARTS) is 1. The van der Waals surface area contributed by atoms with E-state index in [1.165, 1.54) is 11.3 Å². The van der Waals surface area contributed by atoms with Gasteiger partial charge in [-0.05, 0) is 35.3 Å². The zero-order valence-electron chi connectivity index (χ0n) is 14.2. The van der Waals surface area contributed by atoms with Gasteiger partial charge in [-0.3, -0.25) is 9.20 Å². The highest BCUT2D eigenvalue weighted by Gasteiger charge is 2.17. The van der Waals surface area contributed by atoms with Crippen molar-refractivity contribution >= 4 is 38.2 Å². The number of aliphatic hydroxyl groups is 1. The monoisotopic (exact) mass is 440 g/mol. The maximum absolute atomic E-state index is 12.0. The van der Waals surface area contributed by atoms with E-state index < -0.39 is 12.1 Å². The summed E-state index contributed by atoms with van der Waals surface area (Å²) in [7, 11) is 0. The van der Waals surface area contributed by atoms with E-state index in [0.29, 0.717) is 10.0 Å². The van der Waals surface area contributed by atoms with E-state index in [-0.39, 0.29) is 11.6 Å². The number of hydrogen-bond donors (Lipinski definition) is 3. The quantitative estimate of drug-likeness (QED) is 0.574. The molecular formula is C17H19BrN3O4S+. The second kappa shape index (κ2) is 8.54. The molecular weight excluding hydrogens is 422 g/mol. The summed E-state index contributed by atoms with van der Waals surface area (Å²) >= 11 is 4.76. The Morgan fingerprint density at radius 2 is 1.96 bits per heavy atom. The third-order valence-electron chi connectivity index (χ3n) is 3.53. The lowest BCUT2D eigenvalue weighted by Gasteiger charge is -2.05. The van der Waals surface area contributed by atoms with Crippen LogP contribution >= 0.6 is 27.3 Å². The average Bonchev–Trinajstić information content (AvgIpc) is 2.99. The van der Waals surface area contributed by atoms with Crippen LogP contribution in [0.25, 0.3) is 4.96 Å². The van der Waals surface area contributed by atoms with Crippen LogP contribution in [0.4, 0.5) is 0 Å². The van der Waals surface area contributed by atoms with Crippen LogP contribution < -0.4 is 11.3 Å². The summed E-state index contributed by atoms with van der Waals surface area (Å²) in [6.45, 7) is 3.82. The molecule has 0 amide bonds. The van der Waals surface area contributed by atoms with Crippen molar-refractivity contribution in [1.82, 2.24) is 9.38 Å². The van der Waals surface area contributed by atoms with Crippen LogP contribution in [0.3, 0.4) is 0 Å². The third-order valence-corrected chi connectivity index (χ3v) is 5.22. The molecule has 9 heteroatoms. The van der Waals surface area contributed by atoms with Gasteiger partial charge in [-0.2, -0.15) is 0 Å². The molecule has 0 spiro atoms. The van der Waals surface area contributed by atoms with Crippen LogP contribution in [0.2, 0.25) is 0 Å². The van der Waals surface area contributed by atoms with Gasteiger partial charge in [-0.15, -0.1) is 11.3 Å². The van der Waals surface area contributed by atoms with Crippen molar-refractivity contribution in [2.45, 2.75) is 26.0 Å². The van der Waals surface area contributed by atoms with E-state index in [9.17, 15) is 9.59 Å². The molecule has 0 aliphatic rings. The molecule has 5 N–H and O–H groups in total. The number of aliphatic carboxylic acids is 1. The normalized spacial score (nSPS) is 13.0. The van der Waals surface area contributed by atoms with Crippen molar-refractivity contribution in [2.24, 2.45) is 0 Å². The first kappa shape index (κ1) is 20.2. The van der Waals surface area contributed by atoms with Crippen molar-refractivity contribution in [1.29, 1.82) is 0 Å². The molecule has 3 rings (SSSR count). The molecule has 3 aromatic rings. The highest BCUT2D eigenvalue weighted by atomic mass is 79.9. The van der Waals surface area contributed by atoms with E-state index in [1.54, 1.807) is 34.7 Å². The number of aromatic nitrogens is 2. The number of carboxylic acids is 1. The fraction of sp³-hybridized carbons (Fsp3) is 0.235. The Hall–Kier alpha value is -2.07. The molecule has 0 aliphatic carbocycles. The molecule has 7 nitrogen and oxygen atoms in total. The van der Waals surface area contributed by atoms with E-state index in [1.807, 2.05) is 19.2 Å². The Morgan fingerprint density at radius 1 is 1.35 bits per heavy atom. The standard InChI is InChI=1S/C9H10BrN3OS.C8H8O3/c1-4-3-15-9-12-7(5(2)11)6(10)8(14)13(4)9;9-7(8(10)11)6-4-2-1-3-5-6/h3,5H,11H2,1-2H3;1-5,7,9H,(H,10,11)/p+1/t5-;7-/m00/s1. The Morgan fingerprint density at radius 3 is 2.50 bits per heavy atom. The second-order valence-corrected chi connectivity index (χ2v) is 7.29. The average molecular weight is 441 g/mol.